The number of nitrogen functional groups attached to an aromatic ring is 1. The van der Waals surface area contributed by atoms with Crippen LogP contribution in [-0.2, 0) is 0 Å². The van der Waals surface area contributed by atoms with Gasteiger partial charge in [0, 0.05) is 12.1 Å². The van der Waals surface area contributed by atoms with Crippen molar-refractivity contribution in [2.24, 2.45) is 0 Å². The minimum atomic E-state index is -0.542. The largest absolute Gasteiger partial charge is 0.491 e. The summed E-state index contributed by atoms with van der Waals surface area (Å²) in [6, 6.07) is 7.26. The second-order valence-electron chi connectivity index (χ2n) is 4.41. The van der Waals surface area contributed by atoms with Gasteiger partial charge < -0.3 is 15.8 Å². The molecule has 0 fully saturated rings. The molecule has 0 saturated heterocycles. The molecular weight excluding hydrogens is 262 g/mol. The van der Waals surface area contributed by atoms with Gasteiger partial charge in [-0.05, 0) is 31.5 Å². The number of hydrogen-bond acceptors (Lipinski definition) is 3. The average molecular weight is 278 g/mol. The highest BCUT2D eigenvalue weighted by Crippen LogP contribution is 2.31. The molecule has 0 bridgehead atoms. The molecule has 20 heavy (non-hydrogen) atoms. The summed E-state index contributed by atoms with van der Waals surface area (Å²) in [4.78, 5) is 0. The third-order valence-corrected chi connectivity index (χ3v) is 2.80. The molecule has 2 aromatic rings. The van der Waals surface area contributed by atoms with Gasteiger partial charge in [0.25, 0.3) is 0 Å². The Hall–Kier alpha value is -2.30. The summed E-state index contributed by atoms with van der Waals surface area (Å²) in [6.45, 7) is 3.94. The Balaban J connectivity index is 2.37. The van der Waals surface area contributed by atoms with Crippen molar-refractivity contribution >= 4 is 17.1 Å². The summed E-state index contributed by atoms with van der Waals surface area (Å²) in [7, 11) is 0. The molecule has 0 unspecified atom stereocenters. The minimum Gasteiger partial charge on any atom is -0.491 e. The second kappa shape index (κ2) is 5.77. The van der Waals surface area contributed by atoms with E-state index in [0.29, 0.717) is 12.3 Å². The van der Waals surface area contributed by atoms with Crippen LogP contribution in [0, 0.1) is 18.6 Å². The number of ether oxygens (including phenoxy) is 1. The number of aryl methyl sites for hydroxylation is 1. The van der Waals surface area contributed by atoms with E-state index < -0.39 is 11.6 Å². The number of nitrogens with two attached hydrogens (primary N) is 1. The van der Waals surface area contributed by atoms with Gasteiger partial charge in [0.05, 0.1) is 23.7 Å². The Bertz CT molecular complexity index is 630. The second-order valence-corrected chi connectivity index (χ2v) is 4.41. The molecule has 0 aliphatic rings. The zero-order chi connectivity index (χ0) is 14.7. The molecule has 0 heterocycles. The first-order chi connectivity index (χ1) is 9.51. The maximum Gasteiger partial charge on any atom is 0.167 e. The lowest BCUT2D eigenvalue weighted by Crippen LogP contribution is -2.02. The predicted octanol–water partition coefficient (Wildman–Crippen LogP) is 4.00. The summed E-state index contributed by atoms with van der Waals surface area (Å²) in [6.07, 6.45) is 0. The number of halogens is 2. The van der Waals surface area contributed by atoms with Gasteiger partial charge in [-0.15, -0.1) is 0 Å². The van der Waals surface area contributed by atoms with Crippen molar-refractivity contribution in [3.63, 3.8) is 0 Å². The molecule has 0 aromatic heterocycles. The highest BCUT2D eigenvalue weighted by atomic mass is 19.1. The first-order valence-electron chi connectivity index (χ1n) is 6.26. The smallest absolute Gasteiger partial charge is 0.167 e. The molecule has 3 nitrogen and oxygen atoms in total. The summed E-state index contributed by atoms with van der Waals surface area (Å²) in [5.74, 6) is -0.867. The monoisotopic (exact) mass is 278 g/mol. The average Bonchev–Trinajstić information content (AvgIpc) is 2.39. The standard InChI is InChI=1S/C15H16F2N2O/c1-3-20-15-8-14(12(18)7-11(15)17)19-13-6-9(2)4-5-10(13)16/h4-8,19H,3,18H2,1-2H3. The zero-order valence-electron chi connectivity index (χ0n) is 11.3. The fraction of sp³-hybridized carbons (Fsp3) is 0.200. The van der Waals surface area contributed by atoms with Gasteiger partial charge in [-0.25, -0.2) is 8.78 Å². The lowest BCUT2D eigenvalue weighted by molar-refractivity contribution is 0.322. The van der Waals surface area contributed by atoms with Crippen LogP contribution in [0.15, 0.2) is 30.3 Å². The molecule has 3 N–H and O–H groups in total. The molecule has 0 aliphatic carbocycles. The highest BCUT2D eigenvalue weighted by Gasteiger charge is 2.11. The van der Waals surface area contributed by atoms with E-state index in [9.17, 15) is 8.78 Å². The van der Waals surface area contributed by atoms with Gasteiger partial charge in [-0.1, -0.05) is 6.07 Å². The molecule has 0 aliphatic heterocycles. The van der Waals surface area contributed by atoms with E-state index in [2.05, 4.69) is 5.32 Å². The zero-order valence-corrected chi connectivity index (χ0v) is 11.3. The summed E-state index contributed by atoms with van der Waals surface area (Å²) >= 11 is 0. The van der Waals surface area contributed by atoms with Crippen molar-refractivity contribution in [3.8, 4) is 5.75 Å². The van der Waals surface area contributed by atoms with Gasteiger partial charge >= 0.3 is 0 Å². The van der Waals surface area contributed by atoms with E-state index in [1.54, 1.807) is 19.1 Å². The first kappa shape index (κ1) is 14.1. The van der Waals surface area contributed by atoms with Gasteiger partial charge in [0.15, 0.2) is 11.6 Å². The fourth-order valence-electron chi connectivity index (χ4n) is 1.82. The van der Waals surface area contributed by atoms with E-state index in [-0.39, 0.29) is 17.1 Å². The topological polar surface area (TPSA) is 47.3 Å². The van der Waals surface area contributed by atoms with Crippen LogP contribution in [0.25, 0.3) is 0 Å². The third kappa shape index (κ3) is 2.99. The normalized spacial score (nSPS) is 10.4. The minimum absolute atomic E-state index is 0.0808. The highest BCUT2D eigenvalue weighted by molar-refractivity contribution is 5.74. The van der Waals surface area contributed by atoms with Crippen molar-refractivity contribution in [1.29, 1.82) is 0 Å². The molecule has 106 valence electrons. The molecule has 0 radical (unpaired) electrons. The van der Waals surface area contributed by atoms with E-state index in [0.717, 1.165) is 11.6 Å². The Kier molecular flexibility index (Phi) is 4.08. The number of benzene rings is 2. The van der Waals surface area contributed by atoms with Gasteiger partial charge in [0.2, 0.25) is 0 Å². The van der Waals surface area contributed by atoms with Gasteiger partial charge in [0.1, 0.15) is 5.82 Å². The van der Waals surface area contributed by atoms with Crippen molar-refractivity contribution < 1.29 is 13.5 Å². The van der Waals surface area contributed by atoms with Crippen LogP contribution < -0.4 is 15.8 Å². The summed E-state index contributed by atoms with van der Waals surface area (Å²) in [5.41, 5.74) is 7.52. The van der Waals surface area contributed by atoms with Crippen LogP contribution in [0.5, 0.6) is 5.75 Å². The van der Waals surface area contributed by atoms with E-state index >= 15 is 0 Å². The van der Waals surface area contributed by atoms with Crippen molar-refractivity contribution in [1.82, 2.24) is 0 Å². The van der Waals surface area contributed by atoms with Crippen LogP contribution in [-0.4, -0.2) is 6.61 Å². The van der Waals surface area contributed by atoms with E-state index in [1.165, 1.54) is 12.1 Å². The maximum absolute atomic E-state index is 13.7. The SMILES string of the molecule is CCOc1cc(Nc2cc(C)ccc2F)c(N)cc1F. The van der Waals surface area contributed by atoms with Crippen LogP contribution in [0.1, 0.15) is 12.5 Å². The lowest BCUT2D eigenvalue weighted by atomic mass is 10.2. The lowest BCUT2D eigenvalue weighted by Gasteiger charge is -2.13. The molecule has 2 rings (SSSR count). The molecule has 0 spiro atoms. The fourth-order valence-corrected chi connectivity index (χ4v) is 1.82. The molecular formula is C15H16F2N2O. The molecule has 0 amide bonds. The van der Waals surface area contributed by atoms with Crippen molar-refractivity contribution in [2.45, 2.75) is 13.8 Å². The Morgan fingerprint density at radius 2 is 1.85 bits per heavy atom. The molecule has 0 saturated carbocycles. The molecule has 5 heteroatoms. The third-order valence-electron chi connectivity index (χ3n) is 2.80. The van der Waals surface area contributed by atoms with Gasteiger partial charge in [-0.3, -0.25) is 0 Å². The maximum atomic E-state index is 13.7. The Morgan fingerprint density at radius 3 is 2.55 bits per heavy atom. The number of nitrogens with one attached hydrogen (secondary N) is 1. The quantitative estimate of drug-likeness (QED) is 0.831. The first-order valence-corrected chi connectivity index (χ1v) is 6.26. The number of rotatable bonds is 4. The van der Waals surface area contributed by atoms with Crippen LogP contribution in [0.2, 0.25) is 0 Å². The van der Waals surface area contributed by atoms with E-state index in [1.807, 2.05) is 6.92 Å². The molecule has 0 atom stereocenters. The van der Waals surface area contributed by atoms with Crippen molar-refractivity contribution in [3.05, 3.63) is 47.5 Å². The summed E-state index contributed by atoms with van der Waals surface area (Å²) in [5, 5.41) is 2.86. The summed E-state index contributed by atoms with van der Waals surface area (Å²) < 4.78 is 32.5. The Labute approximate surface area is 116 Å². The predicted molar refractivity (Wildman–Crippen MR) is 76.4 cm³/mol. The van der Waals surface area contributed by atoms with Crippen LogP contribution >= 0.6 is 0 Å². The Morgan fingerprint density at radius 1 is 1.10 bits per heavy atom. The number of anilines is 3. The van der Waals surface area contributed by atoms with Crippen LogP contribution in [0.4, 0.5) is 25.8 Å². The van der Waals surface area contributed by atoms with Gasteiger partial charge in [-0.2, -0.15) is 0 Å². The van der Waals surface area contributed by atoms with Crippen LogP contribution in [0.3, 0.4) is 0 Å². The van der Waals surface area contributed by atoms with E-state index in [4.69, 9.17) is 10.5 Å². The number of hydrogen-bond donors (Lipinski definition) is 2. The van der Waals surface area contributed by atoms with Crippen molar-refractivity contribution in [2.75, 3.05) is 17.7 Å². The molecule has 2 aromatic carbocycles.